The summed E-state index contributed by atoms with van der Waals surface area (Å²) >= 11 is 1.16. The van der Waals surface area contributed by atoms with Crippen LogP contribution >= 0.6 is 11.8 Å². The molecule has 30 heavy (non-hydrogen) atoms. The van der Waals surface area contributed by atoms with Crippen LogP contribution in [-0.2, 0) is 23.9 Å². The molecule has 1 heterocycles. The molecule has 1 atom stereocenters. The predicted molar refractivity (Wildman–Crippen MR) is 110 cm³/mol. The van der Waals surface area contributed by atoms with Crippen LogP contribution < -0.4 is 5.32 Å². The van der Waals surface area contributed by atoms with Gasteiger partial charge in [0.15, 0.2) is 5.16 Å². The first-order valence-electron chi connectivity index (χ1n) is 9.39. The third-order valence-electron chi connectivity index (χ3n) is 4.46. The second kappa shape index (κ2) is 9.34. The number of benzene rings is 2. The van der Waals surface area contributed by atoms with Crippen molar-refractivity contribution in [2.45, 2.75) is 43.4 Å². The summed E-state index contributed by atoms with van der Waals surface area (Å²) in [5.41, 5.74) is -0.0488. The molecule has 9 heteroatoms. The molecule has 0 aliphatic carbocycles. The van der Waals surface area contributed by atoms with Crippen molar-refractivity contribution in [2.75, 3.05) is 5.32 Å². The Kier molecular flexibility index (Phi) is 6.81. The van der Waals surface area contributed by atoms with Gasteiger partial charge in [-0.1, -0.05) is 54.2 Å². The van der Waals surface area contributed by atoms with Gasteiger partial charge < -0.3 is 9.88 Å². The van der Waals surface area contributed by atoms with Gasteiger partial charge >= 0.3 is 6.18 Å². The Balaban J connectivity index is 1.72. The molecule has 0 saturated carbocycles. The van der Waals surface area contributed by atoms with E-state index in [4.69, 9.17) is 0 Å². The number of carbonyl (C=O) groups excluding carboxylic acids is 1. The molecule has 0 aliphatic rings. The van der Waals surface area contributed by atoms with Crippen molar-refractivity contribution < 1.29 is 18.0 Å². The molecular formula is C21H21F3N4OS. The number of para-hydroxylation sites is 1. The predicted octanol–water partition coefficient (Wildman–Crippen LogP) is 5.03. The highest BCUT2D eigenvalue weighted by Crippen LogP contribution is 2.35. The number of alkyl halides is 3. The summed E-state index contributed by atoms with van der Waals surface area (Å²) in [6, 6.07) is 14.7. The molecule has 0 bridgehead atoms. The highest BCUT2D eigenvalue weighted by Gasteiger charge is 2.34. The molecule has 2 aromatic carbocycles. The van der Waals surface area contributed by atoms with E-state index in [1.54, 1.807) is 6.92 Å². The fourth-order valence-electron chi connectivity index (χ4n) is 2.92. The van der Waals surface area contributed by atoms with Gasteiger partial charge in [-0.05, 0) is 31.5 Å². The summed E-state index contributed by atoms with van der Waals surface area (Å²) in [4.78, 5) is 12.5. The molecule has 1 amide bonds. The number of aromatic nitrogens is 3. The SMILES string of the molecule is CCn1c(Cc2ccccc2)nnc1SC(C)C(=O)Nc1ccccc1C(F)(F)F. The molecule has 3 rings (SSSR count). The van der Waals surface area contributed by atoms with Gasteiger partial charge in [0.25, 0.3) is 0 Å². The van der Waals surface area contributed by atoms with Crippen molar-refractivity contribution in [1.29, 1.82) is 0 Å². The van der Waals surface area contributed by atoms with Crippen LogP contribution in [0.1, 0.15) is 30.8 Å². The van der Waals surface area contributed by atoms with Crippen molar-refractivity contribution in [1.82, 2.24) is 14.8 Å². The van der Waals surface area contributed by atoms with Crippen LogP contribution in [0.3, 0.4) is 0 Å². The van der Waals surface area contributed by atoms with Crippen molar-refractivity contribution in [3.63, 3.8) is 0 Å². The Morgan fingerprint density at radius 1 is 1.10 bits per heavy atom. The van der Waals surface area contributed by atoms with Crippen molar-refractivity contribution >= 4 is 23.4 Å². The molecule has 1 unspecified atom stereocenters. The molecule has 0 fully saturated rings. The van der Waals surface area contributed by atoms with Gasteiger partial charge in [0.1, 0.15) is 5.82 Å². The van der Waals surface area contributed by atoms with Crippen LogP contribution in [0.25, 0.3) is 0 Å². The molecule has 0 radical (unpaired) electrons. The zero-order chi connectivity index (χ0) is 21.7. The second-order valence-corrected chi connectivity index (χ2v) is 7.91. The van der Waals surface area contributed by atoms with E-state index in [1.165, 1.54) is 18.2 Å². The van der Waals surface area contributed by atoms with E-state index in [0.717, 1.165) is 29.2 Å². The maximum atomic E-state index is 13.1. The molecule has 0 saturated heterocycles. The van der Waals surface area contributed by atoms with Gasteiger partial charge in [0, 0.05) is 13.0 Å². The molecule has 0 spiro atoms. The molecule has 158 valence electrons. The number of nitrogens with one attached hydrogen (secondary N) is 1. The minimum atomic E-state index is -4.55. The average molecular weight is 434 g/mol. The summed E-state index contributed by atoms with van der Waals surface area (Å²) in [6.45, 7) is 4.19. The van der Waals surface area contributed by atoms with E-state index in [9.17, 15) is 18.0 Å². The van der Waals surface area contributed by atoms with Crippen molar-refractivity contribution in [3.8, 4) is 0 Å². The third kappa shape index (κ3) is 5.21. The first-order valence-corrected chi connectivity index (χ1v) is 10.3. The molecular weight excluding hydrogens is 413 g/mol. The monoisotopic (exact) mass is 434 g/mol. The maximum Gasteiger partial charge on any atom is 0.418 e. The van der Waals surface area contributed by atoms with Gasteiger partial charge in [0.2, 0.25) is 5.91 Å². The fourth-order valence-corrected chi connectivity index (χ4v) is 3.85. The Morgan fingerprint density at radius 2 is 1.77 bits per heavy atom. The Morgan fingerprint density at radius 3 is 2.43 bits per heavy atom. The molecule has 3 aromatic rings. The van der Waals surface area contributed by atoms with E-state index in [2.05, 4.69) is 15.5 Å². The lowest BCUT2D eigenvalue weighted by molar-refractivity contribution is -0.137. The summed E-state index contributed by atoms with van der Waals surface area (Å²) < 4.78 is 41.4. The minimum absolute atomic E-state index is 0.260. The van der Waals surface area contributed by atoms with E-state index in [1.807, 2.05) is 41.8 Å². The number of anilines is 1. The highest BCUT2D eigenvalue weighted by molar-refractivity contribution is 8.00. The smallest absolute Gasteiger partial charge is 0.325 e. The van der Waals surface area contributed by atoms with Crippen LogP contribution in [-0.4, -0.2) is 25.9 Å². The summed E-state index contributed by atoms with van der Waals surface area (Å²) in [5, 5.41) is 10.7. The zero-order valence-electron chi connectivity index (χ0n) is 16.5. The first kappa shape index (κ1) is 21.9. The summed E-state index contributed by atoms with van der Waals surface area (Å²) in [6.07, 6.45) is -3.95. The van der Waals surface area contributed by atoms with Crippen LogP contribution in [0.2, 0.25) is 0 Å². The van der Waals surface area contributed by atoms with Crippen LogP contribution in [0.5, 0.6) is 0 Å². The van der Waals surface area contributed by atoms with Gasteiger partial charge in [-0.15, -0.1) is 10.2 Å². The van der Waals surface area contributed by atoms with Crippen LogP contribution in [0, 0.1) is 0 Å². The van der Waals surface area contributed by atoms with E-state index in [0.29, 0.717) is 18.1 Å². The van der Waals surface area contributed by atoms with Crippen LogP contribution in [0.4, 0.5) is 18.9 Å². The number of hydrogen-bond donors (Lipinski definition) is 1. The van der Waals surface area contributed by atoms with Gasteiger partial charge in [0.05, 0.1) is 16.5 Å². The number of carbonyl (C=O) groups is 1. The van der Waals surface area contributed by atoms with E-state index in [-0.39, 0.29) is 5.69 Å². The molecule has 1 N–H and O–H groups in total. The number of nitrogens with zero attached hydrogens (tertiary/aromatic N) is 3. The van der Waals surface area contributed by atoms with Gasteiger partial charge in [-0.2, -0.15) is 13.2 Å². The van der Waals surface area contributed by atoms with Gasteiger partial charge in [-0.25, -0.2) is 0 Å². The Hall–Kier alpha value is -2.81. The zero-order valence-corrected chi connectivity index (χ0v) is 17.3. The number of rotatable bonds is 7. The largest absolute Gasteiger partial charge is 0.418 e. The molecule has 0 aliphatic heterocycles. The molecule has 1 aromatic heterocycles. The number of amides is 1. The van der Waals surface area contributed by atoms with Crippen molar-refractivity contribution in [2.24, 2.45) is 0 Å². The lowest BCUT2D eigenvalue weighted by Crippen LogP contribution is -2.24. The normalized spacial score (nSPS) is 12.6. The quantitative estimate of drug-likeness (QED) is 0.530. The number of hydrogen-bond acceptors (Lipinski definition) is 4. The fraction of sp³-hybridized carbons (Fsp3) is 0.286. The number of halogens is 3. The third-order valence-corrected chi connectivity index (χ3v) is 5.54. The molecule has 5 nitrogen and oxygen atoms in total. The lowest BCUT2D eigenvalue weighted by atomic mass is 10.1. The number of thioether (sulfide) groups is 1. The average Bonchev–Trinajstić information content (AvgIpc) is 3.09. The van der Waals surface area contributed by atoms with E-state index < -0.39 is 22.9 Å². The highest BCUT2D eigenvalue weighted by atomic mass is 32.2. The van der Waals surface area contributed by atoms with Crippen molar-refractivity contribution in [3.05, 3.63) is 71.5 Å². The van der Waals surface area contributed by atoms with E-state index >= 15 is 0 Å². The first-order chi connectivity index (χ1) is 14.3. The van der Waals surface area contributed by atoms with Gasteiger partial charge in [-0.3, -0.25) is 4.79 Å². The summed E-state index contributed by atoms with van der Waals surface area (Å²) in [5.74, 6) is 0.230. The minimum Gasteiger partial charge on any atom is -0.325 e. The summed E-state index contributed by atoms with van der Waals surface area (Å²) in [7, 11) is 0. The lowest BCUT2D eigenvalue weighted by Gasteiger charge is -2.16. The van der Waals surface area contributed by atoms with Crippen LogP contribution in [0.15, 0.2) is 59.8 Å². The standard InChI is InChI=1S/C21H21F3N4OS/c1-3-28-18(13-15-9-5-4-6-10-15)26-27-20(28)30-14(2)19(29)25-17-12-8-7-11-16(17)21(22,23)24/h4-12,14H,3,13H2,1-2H3,(H,25,29). The maximum absolute atomic E-state index is 13.1. The topological polar surface area (TPSA) is 59.8 Å². The Labute approximate surface area is 176 Å². The Bertz CT molecular complexity index is 1000. The second-order valence-electron chi connectivity index (χ2n) is 6.60.